The molecular formula is C22H33N7O. The minimum absolute atomic E-state index is 0.267. The second-order valence-electron chi connectivity index (χ2n) is 8.84. The van der Waals surface area contributed by atoms with Crippen molar-refractivity contribution < 1.29 is 5.11 Å². The van der Waals surface area contributed by atoms with Crippen molar-refractivity contribution in [3.05, 3.63) is 30.4 Å². The molecule has 3 atom stereocenters. The molecule has 2 aliphatic heterocycles. The highest BCUT2D eigenvalue weighted by atomic mass is 16.3. The van der Waals surface area contributed by atoms with Gasteiger partial charge in [-0.3, -0.25) is 0 Å². The SMILES string of the molecule is CC1CCN(c2nccc(N3[C@H](C)CN(c4ccnc([C@H](C)O)n4)C[C@@H]3C)n2)CC1. The number of aliphatic hydroxyl groups is 1. The Bertz CT molecular complexity index is 841. The molecule has 2 aromatic heterocycles. The fourth-order valence-electron chi connectivity index (χ4n) is 4.55. The van der Waals surface area contributed by atoms with Gasteiger partial charge in [-0.25, -0.2) is 15.0 Å². The minimum Gasteiger partial charge on any atom is -0.385 e. The summed E-state index contributed by atoms with van der Waals surface area (Å²) in [5.74, 6) is 3.95. The van der Waals surface area contributed by atoms with Crippen LogP contribution >= 0.6 is 0 Å². The van der Waals surface area contributed by atoms with Crippen molar-refractivity contribution in [1.82, 2.24) is 19.9 Å². The van der Waals surface area contributed by atoms with Crippen LogP contribution < -0.4 is 14.7 Å². The third-order valence-electron chi connectivity index (χ3n) is 6.24. The molecule has 0 unspecified atom stereocenters. The molecule has 162 valence electrons. The second kappa shape index (κ2) is 8.71. The van der Waals surface area contributed by atoms with Crippen LogP contribution in [0, 0.1) is 5.92 Å². The van der Waals surface area contributed by atoms with E-state index in [1.54, 1.807) is 13.1 Å². The van der Waals surface area contributed by atoms with E-state index in [0.29, 0.717) is 5.82 Å². The van der Waals surface area contributed by atoms with Crippen LogP contribution in [0.2, 0.25) is 0 Å². The van der Waals surface area contributed by atoms with Crippen molar-refractivity contribution in [3.63, 3.8) is 0 Å². The average molecular weight is 412 g/mol. The molecule has 2 fully saturated rings. The van der Waals surface area contributed by atoms with Crippen molar-refractivity contribution in [2.24, 2.45) is 5.92 Å². The molecule has 0 bridgehead atoms. The summed E-state index contributed by atoms with van der Waals surface area (Å²) < 4.78 is 0. The summed E-state index contributed by atoms with van der Waals surface area (Å²) >= 11 is 0. The van der Waals surface area contributed by atoms with Gasteiger partial charge >= 0.3 is 0 Å². The number of piperidine rings is 1. The average Bonchev–Trinajstić information content (AvgIpc) is 2.74. The fourth-order valence-corrected chi connectivity index (χ4v) is 4.55. The molecule has 2 saturated heterocycles. The summed E-state index contributed by atoms with van der Waals surface area (Å²) in [4.78, 5) is 25.2. The summed E-state index contributed by atoms with van der Waals surface area (Å²) in [5.41, 5.74) is 0. The minimum atomic E-state index is -0.668. The molecule has 0 saturated carbocycles. The zero-order chi connectivity index (χ0) is 21.3. The first-order valence-corrected chi connectivity index (χ1v) is 11.0. The highest BCUT2D eigenvalue weighted by molar-refractivity contribution is 5.49. The standard InChI is InChI=1S/C22H33N7O/c1-15-7-11-27(12-8-15)22-24-10-6-20(26-22)29-16(2)13-28(14-17(29)3)19-5-9-23-21(25-19)18(4)30/h5-6,9-10,15-18,30H,7-8,11-14H2,1-4H3/t16-,17+,18-/m0/s1. The Morgan fingerprint density at radius 2 is 1.53 bits per heavy atom. The molecule has 30 heavy (non-hydrogen) atoms. The van der Waals surface area contributed by atoms with Crippen molar-refractivity contribution in [2.75, 3.05) is 40.9 Å². The molecule has 0 spiro atoms. The van der Waals surface area contributed by atoms with Crippen molar-refractivity contribution in [2.45, 2.75) is 58.7 Å². The zero-order valence-electron chi connectivity index (χ0n) is 18.4. The van der Waals surface area contributed by atoms with Crippen LogP contribution in [-0.2, 0) is 0 Å². The van der Waals surface area contributed by atoms with Gasteiger partial charge < -0.3 is 19.8 Å². The highest BCUT2D eigenvalue weighted by Gasteiger charge is 2.32. The van der Waals surface area contributed by atoms with E-state index in [0.717, 1.165) is 49.7 Å². The molecule has 8 nitrogen and oxygen atoms in total. The molecule has 2 aromatic rings. The number of piperazine rings is 1. The van der Waals surface area contributed by atoms with Crippen molar-refractivity contribution in [1.29, 1.82) is 0 Å². The maximum absolute atomic E-state index is 9.82. The van der Waals surface area contributed by atoms with Crippen molar-refractivity contribution >= 4 is 17.6 Å². The van der Waals surface area contributed by atoms with E-state index in [-0.39, 0.29) is 12.1 Å². The van der Waals surface area contributed by atoms with E-state index in [1.807, 2.05) is 18.3 Å². The van der Waals surface area contributed by atoms with E-state index in [2.05, 4.69) is 50.4 Å². The zero-order valence-corrected chi connectivity index (χ0v) is 18.4. The Labute approximate surface area is 179 Å². The molecule has 0 radical (unpaired) electrons. The number of aliphatic hydroxyl groups excluding tert-OH is 1. The molecular weight excluding hydrogens is 378 g/mol. The quantitative estimate of drug-likeness (QED) is 0.822. The monoisotopic (exact) mass is 411 g/mol. The van der Waals surface area contributed by atoms with Crippen molar-refractivity contribution in [3.8, 4) is 0 Å². The molecule has 1 N–H and O–H groups in total. The summed E-state index contributed by atoms with van der Waals surface area (Å²) in [5, 5.41) is 9.82. The number of anilines is 3. The fraction of sp³-hybridized carbons (Fsp3) is 0.636. The van der Waals surface area contributed by atoms with Gasteiger partial charge in [-0.05, 0) is 51.7 Å². The first kappa shape index (κ1) is 20.8. The number of nitrogens with zero attached hydrogens (tertiary/aromatic N) is 7. The van der Waals surface area contributed by atoms with Gasteiger partial charge in [-0.2, -0.15) is 4.98 Å². The second-order valence-corrected chi connectivity index (χ2v) is 8.84. The summed E-state index contributed by atoms with van der Waals surface area (Å²) in [6.45, 7) is 12.2. The molecule has 4 rings (SSSR count). The largest absolute Gasteiger partial charge is 0.385 e. The van der Waals surface area contributed by atoms with E-state index < -0.39 is 6.10 Å². The van der Waals surface area contributed by atoms with Gasteiger partial charge in [0, 0.05) is 50.7 Å². The topological polar surface area (TPSA) is 81.5 Å². The molecule has 8 heteroatoms. The number of aromatic nitrogens is 4. The third-order valence-corrected chi connectivity index (χ3v) is 6.24. The lowest BCUT2D eigenvalue weighted by Gasteiger charge is -2.45. The van der Waals surface area contributed by atoms with Gasteiger partial charge in [0.1, 0.15) is 17.7 Å². The van der Waals surface area contributed by atoms with Crippen LogP contribution in [0.4, 0.5) is 17.6 Å². The maximum Gasteiger partial charge on any atom is 0.227 e. The number of rotatable bonds is 4. The van der Waals surface area contributed by atoms with Gasteiger partial charge in [-0.15, -0.1) is 0 Å². The van der Waals surface area contributed by atoms with Gasteiger partial charge in [0.2, 0.25) is 5.95 Å². The van der Waals surface area contributed by atoms with Gasteiger partial charge in [-0.1, -0.05) is 6.92 Å². The van der Waals surface area contributed by atoms with Gasteiger partial charge in [0.15, 0.2) is 5.82 Å². The maximum atomic E-state index is 9.82. The summed E-state index contributed by atoms with van der Waals surface area (Å²) in [6.07, 6.45) is 5.35. The van der Waals surface area contributed by atoms with E-state index >= 15 is 0 Å². The Morgan fingerprint density at radius 1 is 0.900 bits per heavy atom. The van der Waals surface area contributed by atoms with E-state index in [4.69, 9.17) is 4.98 Å². The van der Waals surface area contributed by atoms with Crippen LogP contribution in [0.1, 0.15) is 52.5 Å². The summed E-state index contributed by atoms with van der Waals surface area (Å²) in [7, 11) is 0. The number of hydrogen-bond donors (Lipinski definition) is 1. The highest BCUT2D eigenvalue weighted by Crippen LogP contribution is 2.28. The molecule has 4 heterocycles. The molecule has 0 aliphatic carbocycles. The van der Waals surface area contributed by atoms with Crippen LogP contribution in [0.15, 0.2) is 24.5 Å². The Morgan fingerprint density at radius 3 is 2.20 bits per heavy atom. The predicted molar refractivity (Wildman–Crippen MR) is 119 cm³/mol. The van der Waals surface area contributed by atoms with E-state index in [1.165, 1.54) is 12.8 Å². The van der Waals surface area contributed by atoms with Crippen LogP contribution in [0.5, 0.6) is 0 Å². The van der Waals surface area contributed by atoms with E-state index in [9.17, 15) is 5.11 Å². The molecule has 2 aliphatic rings. The smallest absolute Gasteiger partial charge is 0.227 e. The first-order valence-electron chi connectivity index (χ1n) is 11.0. The Balaban J connectivity index is 1.50. The number of hydrogen-bond acceptors (Lipinski definition) is 8. The van der Waals surface area contributed by atoms with Gasteiger partial charge in [0.25, 0.3) is 0 Å². The lowest BCUT2D eigenvalue weighted by atomic mass is 10.00. The first-order chi connectivity index (χ1) is 14.4. The van der Waals surface area contributed by atoms with Crippen LogP contribution in [0.25, 0.3) is 0 Å². The lowest BCUT2D eigenvalue weighted by molar-refractivity contribution is 0.189. The van der Waals surface area contributed by atoms with Gasteiger partial charge in [0.05, 0.1) is 0 Å². The third kappa shape index (κ3) is 4.33. The Kier molecular flexibility index (Phi) is 6.04. The lowest BCUT2D eigenvalue weighted by Crippen LogP contribution is -2.57. The molecule has 0 aromatic carbocycles. The normalized spacial score (nSPS) is 24.2. The predicted octanol–water partition coefficient (Wildman–Crippen LogP) is 2.66. The summed E-state index contributed by atoms with van der Waals surface area (Å²) in [6, 6.07) is 4.47. The molecule has 0 amide bonds. The van der Waals surface area contributed by atoms with Crippen LogP contribution in [-0.4, -0.2) is 63.3 Å². The van der Waals surface area contributed by atoms with Crippen LogP contribution in [0.3, 0.4) is 0 Å². The Hall–Kier alpha value is -2.48.